The maximum absolute atomic E-state index is 12.6. The van der Waals surface area contributed by atoms with Crippen molar-refractivity contribution >= 4 is 22.6 Å². The fraction of sp³-hybridized carbons (Fsp3) is 0.0667. The minimum absolute atomic E-state index is 0.212. The maximum Gasteiger partial charge on any atom is 0.352 e. The van der Waals surface area contributed by atoms with E-state index < -0.39 is 0 Å². The van der Waals surface area contributed by atoms with Crippen LogP contribution in [0.5, 0.6) is 0 Å². The summed E-state index contributed by atoms with van der Waals surface area (Å²) in [7, 11) is 0. The van der Waals surface area contributed by atoms with Crippen LogP contribution in [0.1, 0.15) is 5.56 Å². The largest absolute Gasteiger partial charge is 0.381 e. The van der Waals surface area contributed by atoms with Crippen LogP contribution in [0.4, 0.5) is 5.82 Å². The van der Waals surface area contributed by atoms with Crippen LogP contribution in [-0.2, 0) is 6.54 Å². The average molecular weight is 292 g/mol. The molecule has 0 spiro atoms. The summed E-state index contributed by atoms with van der Waals surface area (Å²) in [4.78, 5) is 21.1. The summed E-state index contributed by atoms with van der Waals surface area (Å²) >= 11 is 0. The van der Waals surface area contributed by atoms with Crippen LogP contribution in [0.25, 0.3) is 16.8 Å². The van der Waals surface area contributed by atoms with Crippen molar-refractivity contribution < 1.29 is 0 Å². The Balaban J connectivity index is 1.99. The molecule has 3 heterocycles. The fourth-order valence-corrected chi connectivity index (χ4v) is 2.45. The molecule has 3 aromatic heterocycles. The number of nitrogen functional groups attached to an aromatic ring is 1. The molecule has 0 aliphatic rings. The predicted molar refractivity (Wildman–Crippen MR) is 82.5 cm³/mol. The third kappa shape index (κ3) is 1.83. The minimum atomic E-state index is -0.281. The van der Waals surface area contributed by atoms with E-state index in [-0.39, 0.29) is 11.5 Å². The molecule has 22 heavy (non-hydrogen) atoms. The second-order valence-electron chi connectivity index (χ2n) is 4.93. The first-order chi connectivity index (χ1) is 10.7. The van der Waals surface area contributed by atoms with E-state index in [0.29, 0.717) is 23.4 Å². The van der Waals surface area contributed by atoms with Crippen LogP contribution in [0.2, 0.25) is 0 Å². The summed E-state index contributed by atoms with van der Waals surface area (Å²) in [5, 5.41) is 4.30. The molecule has 0 saturated heterocycles. The lowest BCUT2D eigenvalue weighted by Crippen LogP contribution is -2.22. The Morgan fingerprint density at radius 2 is 1.86 bits per heavy atom. The van der Waals surface area contributed by atoms with Gasteiger partial charge in [-0.05, 0) is 17.7 Å². The Hall–Kier alpha value is -3.22. The number of fused-ring (bicyclic) bond motifs is 3. The van der Waals surface area contributed by atoms with Crippen molar-refractivity contribution in [3.8, 4) is 0 Å². The topological polar surface area (TPSA) is 91.1 Å². The first-order valence-corrected chi connectivity index (χ1v) is 6.78. The molecule has 0 aliphatic heterocycles. The Kier molecular flexibility index (Phi) is 2.65. The van der Waals surface area contributed by atoms with Gasteiger partial charge in [0, 0.05) is 6.20 Å². The number of hydrogen-bond acceptors (Lipinski definition) is 5. The van der Waals surface area contributed by atoms with Gasteiger partial charge in [-0.1, -0.05) is 30.3 Å². The molecule has 4 rings (SSSR count). The van der Waals surface area contributed by atoms with Gasteiger partial charge in [0.2, 0.25) is 5.65 Å². The summed E-state index contributed by atoms with van der Waals surface area (Å²) in [5.41, 5.74) is 7.97. The van der Waals surface area contributed by atoms with Crippen LogP contribution in [0.3, 0.4) is 0 Å². The number of hydrogen-bond donors (Lipinski definition) is 1. The highest BCUT2D eigenvalue weighted by Gasteiger charge is 2.15. The smallest absolute Gasteiger partial charge is 0.352 e. The Morgan fingerprint density at radius 3 is 2.68 bits per heavy atom. The normalized spacial score (nSPS) is 11.3. The monoisotopic (exact) mass is 292 g/mol. The number of nitrogens with zero attached hydrogens (tertiary/aromatic N) is 5. The highest BCUT2D eigenvalue weighted by Crippen LogP contribution is 2.14. The molecular weight excluding hydrogens is 280 g/mol. The molecule has 0 unspecified atom stereocenters. The van der Waals surface area contributed by atoms with Crippen molar-refractivity contribution in [3.05, 3.63) is 64.7 Å². The van der Waals surface area contributed by atoms with Gasteiger partial charge in [-0.15, -0.1) is 5.10 Å². The first kappa shape index (κ1) is 12.5. The number of rotatable bonds is 2. The zero-order valence-corrected chi connectivity index (χ0v) is 11.5. The van der Waals surface area contributed by atoms with E-state index in [1.54, 1.807) is 18.3 Å². The van der Waals surface area contributed by atoms with E-state index in [2.05, 4.69) is 15.1 Å². The van der Waals surface area contributed by atoms with E-state index in [9.17, 15) is 4.79 Å². The van der Waals surface area contributed by atoms with E-state index in [1.807, 2.05) is 30.3 Å². The van der Waals surface area contributed by atoms with Crippen molar-refractivity contribution in [1.29, 1.82) is 0 Å². The molecule has 0 atom stereocenters. The second-order valence-corrected chi connectivity index (χ2v) is 4.93. The number of pyridine rings is 1. The summed E-state index contributed by atoms with van der Waals surface area (Å²) in [6.07, 6.45) is 1.61. The lowest BCUT2D eigenvalue weighted by Gasteiger charge is -2.00. The molecule has 108 valence electrons. The zero-order valence-electron chi connectivity index (χ0n) is 11.5. The van der Waals surface area contributed by atoms with Gasteiger partial charge in [0.15, 0.2) is 11.5 Å². The van der Waals surface area contributed by atoms with E-state index in [0.717, 1.165) is 5.56 Å². The van der Waals surface area contributed by atoms with Crippen molar-refractivity contribution in [3.63, 3.8) is 0 Å². The third-order valence-corrected chi connectivity index (χ3v) is 3.46. The minimum Gasteiger partial charge on any atom is -0.381 e. The SMILES string of the molecule is Nc1nc2cccnc2n2c(=O)n(Cc3ccccc3)nc12. The highest BCUT2D eigenvalue weighted by atomic mass is 16.2. The van der Waals surface area contributed by atoms with Crippen LogP contribution >= 0.6 is 0 Å². The summed E-state index contributed by atoms with van der Waals surface area (Å²) < 4.78 is 2.78. The Labute approximate surface area is 124 Å². The molecule has 0 aliphatic carbocycles. The molecule has 0 fully saturated rings. The quantitative estimate of drug-likeness (QED) is 0.596. The van der Waals surface area contributed by atoms with Crippen LogP contribution in [-0.4, -0.2) is 24.1 Å². The molecule has 0 bridgehead atoms. The molecule has 1 aromatic carbocycles. The van der Waals surface area contributed by atoms with Crippen molar-refractivity contribution in [2.45, 2.75) is 6.54 Å². The van der Waals surface area contributed by atoms with E-state index >= 15 is 0 Å². The van der Waals surface area contributed by atoms with Crippen LogP contribution in [0.15, 0.2) is 53.5 Å². The van der Waals surface area contributed by atoms with Gasteiger partial charge in [0.25, 0.3) is 0 Å². The van der Waals surface area contributed by atoms with Crippen LogP contribution in [0, 0.1) is 0 Å². The molecular formula is C15H12N6O. The van der Waals surface area contributed by atoms with Crippen molar-refractivity contribution in [2.24, 2.45) is 0 Å². The lowest BCUT2D eigenvalue weighted by atomic mass is 10.2. The second kappa shape index (κ2) is 4.66. The number of nitrogens with two attached hydrogens (primary N) is 1. The number of anilines is 1. The molecule has 7 heteroatoms. The molecule has 0 saturated carbocycles. The van der Waals surface area contributed by atoms with Gasteiger partial charge in [-0.25, -0.2) is 23.8 Å². The van der Waals surface area contributed by atoms with Crippen molar-refractivity contribution in [2.75, 3.05) is 5.73 Å². The highest BCUT2D eigenvalue weighted by molar-refractivity contribution is 5.78. The maximum atomic E-state index is 12.6. The Morgan fingerprint density at radius 1 is 1.05 bits per heavy atom. The zero-order chi connectivity index (χ0) is 15.1. The summed E-state index contributed by atoms with van der Waals surface area (Å²) in [6.45, 7) is 0.370. The third-order valence-electron chi connectivity index (χ3n) is 3.46. The molecule has 4 aromatic rings. The summed E-state index contributed by atoms with van der Waals surface area (Å²) in [6, 6.07) is 13.2. The van der Waals surface area contributed by atoms with Gasteiger partial charge < -0.3 is 5.73 Å². The van der Waals surface area contributed by atoms with Gasteiger partial charge in [-0.3, -0.25) is 0 Å². The Bertz CT molecular complexity index is 1030. The van der Waals surface area contributed by atoms with E-state index in [1.165, 1.54) is 9.08 Å². The molecule has 0 radical (unpaired) electrons. The van der Waals surface area contributed by atoms with Gasteiger partial charge >= 0.3 is 5.69 Å². The standard InChI is InChI=1S/C15H12N6O/c16-12-14-19-20(9-10-5-2-1-3-6-10)15(22)21(14)13-11(18-12)7-4-8-17-13/h1-8H,9H2,(H2,16,18). The summed E-state index contributed by atoms with van der Waals surface area (Å²) in [5.74, 6) is 0.212. The van der Waals surface area contributed by atoms with Crippen LogP contribution < -0.4 is 11.4 Å². The van der Waals surface area contributed by atoms with Crippen molar-refractivity contribution in [1.82, 2.24) is 24.1 Å². The predicted octanol–water partition coefficient (Wildman–Crippen LogP) is 1.07. The first-order valence-electron chi connectivity index (χ1n) is 6.78. The molecule has 2 N–H and O–H groups in total. The van der Waals surface area contributed by atoms with Gasteiger partial charge in [0.1, 0.15) is 5.52 Å². The lowest BCUT2D eigenvalue weighted by molar-refractivity contribution is 0.660. The van der Waals surface area contributed by atoms with Gasteiger partial charge in [-0.2, -0.15) is 0 Å². The fourth-order valence-electron chi connectivity index (χ4n) is 2.45. The molecule has 7 nitrogen and oxygen atoms in total. The number of aromatic nitrogens is 5. The van der Waals surface area contributed by atoms with Gasteiger partial charge in [0.05, 0.1) is 6.54 Å². The molecule has 0 amide bonds. The average Bonchev–Trinajstić information content (AvgIpc) is 2.87. The van der Waals surface area contributed by atoms with E-state index in [4.69, 9.17) is 5.73 Å². The number of benzene rings is 1.